The minimum atomic E-state index is 1.03. The van der Waals surface area contributed by atoms with Crippen LogP contribution in [0.3, 0.4) is 0 Å². The van der Waals surface area contributed by atoms with Gasteiger partial charge in [-0.05, 0) is 5.92 Å². The van der Waals surface area contributed by atoms with Gasteiger partial charge in [-0.2, -0.15) is 0 Å². The zero-order valence-electron chi connectivity index (χ0n) is 21.3. The molecule has 0 aliphatic carbocycles. The molecule has 0 rings (SSSR count). The van der Waals surface area contributed by atoms with Crippen molar-refractivity contribution in [3.8, 4) is 0 Å². The molecule has 0 spiro atoms. The second kappa shape index (κ2) is 26.0. The zero-order chi connectivity index (χ0) is 21.3. The van der Waals surface area contributed by atoms with Crippen LogP contribution >= 0.6 is 0 Å². The van der Waals surface area contributed by atoms with E-state index < -0.39 is 0 Å². The van der Waals surface area contributed by atoms with Crippen molar-refractivity contribution in [3.63, 3.8) is 0 Å². The van der Waals surface area contributed by atoms with E-state index in [1.54, 1.807) is 0 Å². The monoisotopic (exact) mass is 408 g/mol. The Morgan fingerprint density at radius 3 is 0.828 bits per heavy atom. The second-order valence-electron chi connectivity index (χ2n) is 9.95. The summed E-state index contributed by atoms with van der Waals surface area (Å²) >= 11 is 0. The number of rotatable bonds is 25. The van der Waals surface area contributed by atoms with Gasteiger partial charge in [0.05, 0.1) is 0 Å². The fourth-order valence-electron chi connectivity index (χ4n) is 4.86. The molecule has 0 aromatic carbocycles. The van der Waals surface area contributed by atoms with Crippen LogP contribution in [0.5, 0.6) is 0 Å². The van der Waals surface area contributed by atoms with Crippen LogP contribution in [0, 0.1) is 5.92 Å². The van der Waals surface area contributed by atoms with Gasteiger partial charge in [-0.15, -0.1) is 0 Å². The summed E-state index contributed by atoms with van der Waals surface area (Å²) in [6.45, 7) is 7.00. The first kappa shape index (κ1) is 29.0. The molecule has 0 bridgehead atoms. The van der Waals surface area contributed by atoms with E-state index in [1.807, 2.05) is 0 Å². The standard InChI is InChI=1S/C29H60/c1-4-7-9-11-13-15-17-19-21-23-25-28-29(26-6-3)27-24-22-20-18-16-14-12-10-8-5-2/h29H,4-28H2,1-3H3. The molecule has 0 saturated heterocycles. The van der Waals surface area contributed by atoms with E-state index >= 15 is 0 Å². The Hall–Kier alpha value is 0. The molecule has 29 heavy (non-hydrogen) atoms. The lowest BCUT2D eigenvalue weighted by molar-refractivity contribution is 0.376. The molecule has 176 valence electrons. The molecule has 0 fully saturated rings. The SMILES string of the molecule is CCCCCCCCCCCCCC(CCC)CCCCCCCCCCCC. The molecular weight excluding hydrogens is 348 g/mol. The van der Waals surface area contributed by atoms with Gasteiger partial charge in [0.25, 0.3) is 0 Å². The van der Waals surface area contributed by atoms with Crippen LogP contribution in [0.25, 0.3) is 0 Å². The van der Waals surface area contributed by atoms with Gasteiger partial charge in [-0.25, -0.2) is 0 Å². The fraction of sp³-hybridized carbons (Fsp3) is 1.00. The maximum absolute atomic E-state index is 2.38. The lowest BCUT2D eigenvalue weighted by Gasteiger charge is -2.16. The normalized spacial score (nSPS) is 12.5. The summed E-state index contributed by atoms with van der Waals surface area (Å²) in [6, 6.07) is 0. The molecule has 0 heterocycles. The highest BCUT2D eigenvalue weighted by Gasteiger charge is 2.07. The average Bonchev–Trinajstić information content (AvgIpc) is 2.73. The van der Waals surface area contributed by atoms with E-state index in [4.69, 9.17) is 0 Å². The number of unbranched alkanes of at least 4 members (excludes halogenated alkanes) is 19. The third-order valence-electron chi connectivity index (χ3n) is 6.88. The molecule has 1 atom stereocenters. The molecule has 0 amide bonds. The van der Waals surface area contributed by atoms with Crippen molar-refractivity contribution >= 4 is 0 Å². The van der Waals surface area contributed by atoms with Gasteiger partial charge in [0.1, 0.15) is 0 Å². The minimum Gasteiger partial charge on any atom is -0.0654 e. The van der Waals surface area contributed by atoms with Gasteiger partial charge in [-0.3, -0.25) is 0 Å². The van der Waals surface area contributed by atoms with E-state index in [9.17, 15) is 0 Å². The smallest absolute Gasteiger partial charge is 0.0414 e. The number of hydrogen-bond donors (Lipinski definition) is 0. The maximum Gasteiger partial charge on any atom is -0.0414 e. The maximum atomic E-state index is 2.38. The molecule has 0 nitrogen and oxygen atoms in total. The largest absolute Gasteiger partial charge is 0.0654 e. The van der Waals surface area contributed by atoms with Crippen LogP contribution in [-0.2, 0) is 0 Å². The van der Waals surface area contributed by atoms with Gasteiger partial charge >= 0.3 is 0 Å². The van der Waals surface area contributed by atoms with Crippen LogP contribution in [0.4, 0.5) is 0 Å². The van der Waals surface area contributed by atoms with Gasteiger partial charge in [0, 0.05) is 0 Å². The summed E-state index contributed by atoms with van der Waals surface area (Å²) in [4.78, 5) is 0. The third kappa shape index (κ3) is 24.1. The zero-order valence-corrected chi connectivity index (χ0v) is 21.3. The highest BCUT2D eigenvalue weighted by molar-refractivity contribution is 4.61. The van der Waals surface area contributed by atoms with E-state index in [0.29, 0.717) is 0 Å². The Bertz CT molecular complexity index is 269. The predicted molar refractivity (Wildman–Crippen MR) is 136 cm³/mol. The van der Waals surface area contributed by atoms with Crippen molar-refractivity contribution in [2.24, 2.45) is 5.92 Å². The van der Waals surface area contributed by atoms with Gasteiger partial charge in [0.15, 0.2) is 0 Å². The summed E-state index contributed by atoms with van der Waals surface area (Å²) in [5.74, 6) is 1.03. The predicted octanol–water partition coefficient (Wildman–Crippen LogP) is 11.4. The average molecular weight is 409 g/mol. The second-order valence-corrected chi connectivity index (χ2v) is 9.95. The summed E-state index contributed by atoms with van der Waals surface area (Å²) in [7, 11) is 0. The van der Waals surface area contributed by atoms with Crippen molar-refractivity contribution in [2.45, 2.75) is 181 Å². The molecule has 0 aliphatic heterocycles. The Kier molecular flexibility index (Phi) is 26.0. The molecule has 0 heteroatoms. The Morgan fingerprint density at radius 2 is 0.552 bits per heavy atom. The first-order valence-corrected chi connectivity index (χ1v) is 14.3. The molecule has 0 aromatic heterocycles. The fourth-order valence-corrected chi connectivity index (χ4v) is 4.86. The highest BCUT2D eigenvalue weighted by Crippen LogP contribution is 2.23. The van der Waals surface area contributed by atoms with E-state index in [2.05, 4.69) is 20.8 Å². The molecule has 1 unspecified atom stereocenters. The highest BCUT2D eigenvalue weighted by atomic mass is 14.1. The molecule has 0 saturated carbocycles. The van der Waals surface area contributed by atoms with Crippen LogP contribution < -0.4 is 0 Å². The first-order chi connectivity index (χ1) is 14.3. The van der Waals surface area contributed by atoms with Gasteiger partial charge in [-0.1, -0.05) is 181 Å². The topological polar surface area (TPSA) is 0 Å². The molecular formula is C29H60. The van der Waals surface area contributed by atoms with E-state index in [1.165, 1.54) is 161 Å². The van der Waals surface area contributed by atoms with E-state index in [-0.39, 0.29) is 0 Å². The van der Waals surface area contributed by atoms with Gasteiger partial charge < -0.3 is 0 Å². The first-order valence-electron chi connectivity index (χ1n) is 14.3. The summed E-state index contributed by atoms with van der Waals surface area (Å²) < 4.78 is 0. The Labute approximate surface area is 187 Å². The summed E-state index contributed by atoms with van der Waals surface area (Å²) in [5.41, 5.74) is 0. The van der Waals surface area contributed by atoms with Crippen LogP contribution in [0.2, 0.25) is 0 Å². The van der Waals surface area contributed by atoms with Crippen molar-refractivity contribution < 1.29 is 0 Å². The van der Waals surface area contributed by atoms with Gasteiger partial charge in [0.2, 0.25) is 0 Å². The lowest BCUT2D eigenvalue weighted by Crippen LogP contribution is -2.00. The third-order valence-corrected chi connectivity index (χ3v) is 6.88. The Balaban J connectivity index is 3.40. The van der Waals surface area contributed by atoms with Crippen molar-refractivity contribution in [1.82, 2.24) is 0 Å². The Morgan fingerprint density at radius 1 is 0.276 bits per heavy atom. The quantitative estimate of drug-likeness (QED) is 0.132. The van der Waals surface area contributed by atoms with Crippen molar-refractivity contribution in [1.29, 1.82) is 0 Å². The van der Waals surface area contributed by atoms with Crippen LogP contribution in [0.15, 0.2) is 0 Å². The summed E-state index contributed by atoms with van der Waals surface area (Å²) in [6.07, 6.45) is 36.8. The summed E-state index contributed by atoms with van der Waals surface area (Å²) in [5, 5.41) is 0. The molecule has 0 aliphatic rings. The van der Waals surface area contributed by atoms with Crippen molar-refractivity contribution in [2.75, 3.05) is 0 Å². The molecule has 0 N–H and O–H groups in total. The lowest BCUT2D eigenvalue weighted by atomic mass is 9.90. The van der Waals surface area contributed by atoms with Crippen LogP contribution in [-0.4, -0.2) is 0 Å². The van der Waals surface area contributed by atoms with Crippen LogP contribution in [0.1, 0.15) is 181 Å². The van der Waals surface area contributed by atoms with Crippen molar-refractivity contribution in [3.05, 3.63) is 0 Å². The molecule has 0 radical (unpaired) electrons. The minimum absolute atomic E-state index is 1.03. The van der Waals surface area contributed by atoms with E-state index in [0.717, 1.165) is 5.92 Å². The molecule has 0 aromatic rings. The number of hydrogen-bond acceptors (Lipinski definition) is 0.